The van der Waals surface area contributed by atoms with Crippen molar-refractivity contribution in [1.29, 1.82) is 0 Å². The summed E-state index contributed by atoms with van der Waals surface area (Å²) in [7, 11) is 1.64. The van der Waals surface area contributed by atoms with E-state index in [0.717, 1.165) is 23.4 Å². The maximum Gasteiger partial charge on any atom is 0.193 e. The normalized spacial score (nSPS) is 15.2. The summed E-state index contributed by atoms with van der Waals surface area (Å²) in [6.07, 6.45) is 0.667. The lowest BCUT2D eigenvalue weighted by Gasteiger charge is -2.14. The number of nitrogens with zero attached hydrogens (tertiary/aromatic N) is 1. The summed E-state index contributed by atoms with van der Waals surface area (Å²) < 4.78 is 16.8. The van der Waals surface area contributed by atoms with Gasteiger partial charge < -0.3 is 25.3 Å². The van der Waals surface area contributed by atoms with E-state index in [1.807, 2.05) is 42.5 Å². The van der Waals surface area contributed by atoms with Crippen LogP contribution in [0.3, 0.4) is 0 Å². The van der Waals surface area contributed by atoms with Crippen molar-refractivity contribution < 1.29 is 14.2 Å². The van der Waals surface area contributed by atoms with Crippen LogP contribution in [0.15, 0.2) is 47.5 Å². The standard InChI is InChI=1S/C19H22ClN3O3/c1-24-18(13-3-5-14(20)6-4-13)12-22-19(21)23-15-7-8-16-17(11-15)26-10-2-9-25-16/h3-8,11,18H,2,9-10,12H2,1H3,(H3,21,22,23). The number of benzene rings is 2. The van der Waals surface area contributed by atoms with Gasteiger partial charge in [-0.15, -0.1) is 0 Å². The third kappa shape index (κ3) is 4.80. The zero-order valence-corrected chi connectivity index (χ0v) is 15.3. The Morgan fingerprint density at radius 2 is 1.92 bits per heavy atom. The Bertz CT molecular complexity index is 765. The van der Waals surface area contributed by atoms with Crippen molar-refractivity contribution in [2.45, 2.75) is 12.5 Å². The highest BCUT2D eigenvalue weighted by Crippen LogP contribution is 2.32. The molecule has 3 rings (SSSR count). The van der Waals surface area contributed by atoms with Gasteiger partial charge in [0.2, 0.25) is 0 Å². The fourth-order valence-corrected chi connectivity index (χ4v) is 2.73. The molecule has 0 saturated carbocycles. The highest BCUT2D eigenvalue weighted by Gasteiger charge is 2.12. The van der Waals surface area contributed by atoms with E-state index in [0.29, 0.717) is 36.5 Å². The van der Waals surface area contributed by atoms with Gasteiger partial charge >= 0.3 is 0 Å². The summed E-state index contributed by atoms with van der Waals surface area (Å²) >= 11 is 5.92. The van der Waals surface area contributed by atoms with Crippen molar-refractivity contribution in [2.75, 3.05) is 32.2 Å². The summed E-state index contributed by atoms with van der Waals surface area (Å²) in [4.78, 5) is 4.37. The molecule has 0 saturated heterocycles. The lowest BCUT2D eigenvalue weighted by atomic mass is 10.1. The van der Waals surface area contributed by atoms with Gasteiger partial charge in [-0.2, -0.15) is 0 Å². The SMILES string of the molecule is COC(CN=C(N)Nc1ccc2c(c1)OCCCO2)c1ccc(Cl)cc1. The monoisotopic (exact) mass is 375 g/mol. The van der Waals surface area contributed by atoms with E-state index in [2.05, 4.69) is 10.3 Å². The highest BCUT2D eigenvalue weighted by atomic mass is 35.5. The van der Waals surface area contributed by atoms with Gasteiger partial charge in [0.25, 0.3) is 0 Å². The molecule has 0 fully saturated rings. The predicted molar refractivity (Wildman–Crippen MR) is 103 cm³/mol. The zero-order valence-electron chi connectivity index (χ0n) is 14.6. The average Bonchev–Trinajstić information content (AvgIpc) is 2.88. The van der Waals surface area contributed by atoms with E-state index in [1.165, 1.54) is 0 Å². The Morgan fingerprint density at radius 3 is 2.65 bits per heavy atom. The minimum Gasteiger partial charge on any atom is -0.490 e. The zero-order chi connectivity index (χ0) is 18.4. The number of hydrogen-bond acceptors (Lipinski definition) is 4. The lowest BCUT2D eigenvalue weighted by molar-refractivity contribution is 0.111. The molecule has 0 radical (unpaired) electrons. The lowest BCUT2D eigenvalue weighted by Crippen LogP contribution is -2.24. The molecule has 1 heterocycles. The summed E-state index contributed by atoms with van der Waals surface area (Å²) in [6, 6.07) is 13.1. The molecular formula is C19H22ClN3O3. The Kier molecular flexibility index (Phi) is 6.20. The molecule has 0 aromatic heterocycles. The molecule has 0 amide bonds. The highest BCUT2D eigenvalue weighted by molar-refractivity contribution is 6.30. The average molecular weight is 376 g/mol. The van der Waals surface area contributed by atoms with Gasteiger partial charge in [0.1, 0.15) is 6.10 Å². The third-order valence-electron chi connectivity index (χ3n) is 3.97. The quantitative estimate of drug-likeness (QED) is 0.616. The van der Waals surface area contributed by atoms with Gasteiger partial charge in [-0.05, 0) is 29.8 Å². The number of aliphatic imine (C=N–C) groups is 1. The molecule has 0 bridgehead atoms. The molecule has 1 aliphatic rings. The number of rotatable bonds is 5. The summed E-state index contributed by atoms with van der Waals surface area (Å²) in [5.41, 5.74) is 7.79. The number of nitrogens with two attached hydrogens (primary N) is 1. The second kappa shape index (κ2) is 8.78. The number of hydrogen-bond donors (Lipinski definition) is 2. The van der Waals surface area contributed by atoms with Gasteiger partial charge in [0.05, 0.1) is 19.8 Å². The number of methoxy groups -OCH3 is 1. The van der Waals surface area contributed by atoms with Gasteiger partial charge in [0, 0.05) is 30.3 Å². The third-order valence-corrected chi connectivity index (χ3v) is 4.23. The maximum atomic E-state index is 6.01. The molecule has 6 nitrogen and oxygen atoms in total. The number of ether oxygens (including phenoxy) is 3. The van der Waals surface area contributed by atoms with Crippen molar-refractivity contribution >= 4 is 23.2 Å². The minimum atomic E-state index is -0.198. The van der Waals surface area contributed by atoms with Gasteiger partial charge in [-0.1, -0.05) is 23.7 Å². The van der Waals surface area contributed by atoms with Crippen LogP contribution in [0.5, 0.6) is 11.5 Å². The van der Waals surface area contributed by atoms with Crippen LogP contribution in [0.2, 0.25) is 5.02 Å². The van der Waals surface area contributed by atoms with Gasteiger partial charge in [-0.3, -0.25) is 4.99 Å². The smallest absolute Gasteiger partial charge is 0.193 e. The maximum absolute atomic E-state index is 6.01. The van der Waals surface area contributed by atoms with Crippen LogP contribution in [0.4, 0.5) is 5.69 Å². The summed E-state index contributed by atoms with van der Waals surface area (Å²) in [6.45, 7) is 1.69. The van der Waals surface area contributed by atoms with E-state index >= 15 is 0 Å². The fourth-order valence-electron chi connectivity index (χ4n) is 2.60. The van der Waals surface area contributed by atoms with E-state index in [9.17, 15) is 0 Å². The topological polar surface area (TPSA) is 78.1 Å². The molecular weight excluding hydrogens is 354 g/mol. The molecule has 3 N–H and O–H groups in total. The van der Waals surface area contributed by atoms with Crippen LogP contribution < -0.4 is 20.5 Å². The second-order valence-corrected chi connectivity index (χ2v) is 6.28. The first-order valence-corrected chi connectivity index (χ1v) is 8.78. The van der Waals surface area contributed by atoms with Crippen LogP contribution in [0.1, 0.15) is 18.1 Å². The molecule has 2 aromatic rings. The van der Waals surface area contributed by atoms with Crippen LogP contribution in [-0.4, -0.2) is 32.8 Å². The molecule has 0 spiro atoms. The molecule has 138 valence electrons. The number of anilines is 1. The van der Waals surface area contributed by atoms with Crippen molar-refractivity contribution in [1.82, 2.24) is 0 Å². The number of fused-ring (bicyclic) bond motifs is 1. The Labute approximate surface area is 157 Å². The van der Waals surface area contributed by atoms with E-state index in [1.54, 1.807) is 7.11 Å². The van der Waals surface area contributed by atoms with Crippen LogP contribution in [0, 0.1) is 0 Å². The first kappa shape index (κ1) is 18.4. The number of halogens is 1. The largest absolute Gasteiger partial charge is 0.490 e. The Morgan fingerprint density at radius 1 is 1.19 bits per heavy atom. The van der Waals surface area contributed by atoms with Crippen LogP contribution in [0.25, 0.3) is 0 Å². The van der Waals surface area contributed by atoms with E-state index in [4.69, 9.17) is 31.5 Å². The number of guanidine groups is 1. The molecule has 26 heavy (non-hydrogen) atoms. The first-order valence-electron chi connectivity index (χ1n) is 8.40. The molecule has 0 aliphatic carbocycles. The molecule has 7 heteroatoms. The van der Waals surface area contributed by atoms with Gasteiger partial charge in [0.15, 0.2) is 17.5 Å². The number of nitrogens with one attached hydrogen (secondary N) is 1. The molecule has 1 aliphatic heterocycles. The molecule has 1 unspecified atom stereocenters. The summed E-state index contributed by atoms with van der Waals surface area (Å²) in [5.74, 6) is 1.75. The first-order chi connectivity index (χ1) is 12.7. The Hall–Kier alpha value is -2.44. The predicted octanol–water partition coefficient (Wildman–Crippen LogP) is 3.62. The van der Waals surface area contributed by atoms with Crippen LogP contribution in [-0.2, 0) is 4.74 Å². The van der Waals surface area contributed by atoms with E-state index < -0.39 is 0 Å². The molecule has 2 aromatic carbocycles. The second-order valence-electron chi connectivity index (χ2n) is 5.84. The van der Waals surface area contributed by atoms with Crippen LogP contribution >= 0.6 is 11.6 Å². The van der Waals surface area contributed by atoms with Crippen molar-refractivity contribution in [2.24, 2.45) is 10.7 Å². The fraction of sp³-hybridized carbons (Fsp3) is 0.316. The molecule has 1 atom stereocenters. The summed E-state index contributed by atoms with van der Waals surface area (Å²) in [5, 5.41) is 3.75. The van der Waals surface area contributed by atoms with Crippen molar-refractivity contribution in [3.05, 3.63) is 53.1 Å². The van der Waals surface area contributed by atoms with Gasteiger partial charge in [-0.25, -0.2) is 0 Å². The minimum absolute atomic E-state index is 0.198. The Balaban J connectivity index is 1.64. The van der Waals surface area contributed by atoms with Crippen molar-refractivity contribution in [3.8, 4) is 11.5 Å². The van der Waals surface area contributed by atoms with Crippen molar-refractivity contribution in [3.63, 3.8) is 0 Å². The van der Waals surface area contributed by atoms with E-state index in [-0.39, 0.29) is 6.10 Å².